The summed E-state index contributed by atoms with van der Waals surface area (Å²) >= 11 is 0. The summed E-state index contributed by atoms with van der Waals surface area (Å²) in [5.41, 5.74) is 1.67. The predicted molar refractivity (Wildman–Crippen MR) is 123 cm³/mol. The topological polar surface area (TPSA) is 94.6 Å². The van der Waals surface area contributed by atoms with Crippen LogP contribution in [0.5, 0.6) is 0 Å². The van der Waals surface area contributed by atoms with Crippen LogP contribution >= 0.6 is 0 Å². The Kier molecular flexibility index (Phi) is 7.64. The summed E-state index contributed by atoms with van der Waals surface area (Å²) in [4.78, 5) is 21.3. The number of nitrogens with zero attached hydrogens (tertiary/aromatic N) is 3. The highest BCUT2D eigenvalue weighted by molar-refractivity contribution is 7.89. The van der Waals surface area contributed by atoms with Crippen molar-refractivity contribution in [1.29, 1.82) is 0 Å². The number of hydrogen-bond acceptors (Lipinski definition) is 6. The highest BCUT2D eigenvalue weighted by Gasteiger charge is 2.16. The Balaban J connectivity index is 1.46. The minimum Gasteiger partial charge on any atom is -0.354 e. The average molecular weight is 446 g/mol. The Morgan fingerprint density at radius 2 is 1.74 bits per heavy atom. The molecule has 1 aromatic carbocycles. The van der Waals surface area contributed by atoms with E-state index in [-0.39, 0.29) is 23.8 Å². The van der Waals surface area contributed by atoms with Gasteiger partial charge in [-0.25, -0.2) is 18.1 Å². The molecule has 0 spiro atoms. The first-order valence-corrected chi connectivity index (χ1v) is 12.0. The van der Waals surface area contributed by atoms with E-state index in [1.54, 1.807) is 18.3 Å². The van der Waals surface area contributed by atoms with Gasteiger partial charge >= 0.3 is 0 Å². The van der Waals surface area contributed by atoms with Gasteiger partial charge in [0, 0.05) is 39.1 Å². The van der Waals surface area contributed by atoms with E-state index in [2.05, 4.69) is 45.7 Å². The maximum atomic E-state index is 12.4. The molecule has 1 amide bonds. The van der Waals surface area contributed by atoms with E-state index in [0.29, 0.717) is 11.6 Å². The zero-order valence-corrected chi connectivity index (χ0v) is 19.2. The minimum absolute atomic E-state index is 0.0207. The first-order chi connectivity index (χ1) is 14.7. The summed E-state index contributed by atoms with van der Waals surface area (Å²) in [6.45, 7) is 7.97. The molecule has 1 aliphatic rings. The summed E-state index contributed by atoms with van der Waals surface area (Å²) in [6, 6.07) is 10.5. The largest absolute Gasteiger partial charge is 0.354 e. The minimum atomic E-state index is -3.64. The third kappa shape index (κ3) is 6.49. The van der Waals surface area contributed by atoms with E-state index in [1.807, 2.05) is 24.3 Å². The van der Waals surface area contributed by atoms with E-state index in [4.69, 9.17) is 0 Å². The smallest absolute Gasteiger partial charge is 0.240 e. The lowest BCUT2D eigenvalue weighted by atomic mass is 10.0. The van der Waals surface area contributed by atoms with Gasteiger partial charge in [-0.15, -0.1) is 0 Å². The molecule has 0 unspecified atom stereocenters. The van der Waals surface area contributed by atoms with Crippen molar-refractivity contribution >= 4 is 27.4 Å². The van der Waals surface area contributed by atoms with Gasteiger partial charge in [0.15, 0.2) is 0 Å². The van der Waals surface area contributed by atoms with Gasteiger partial charge in [0.25, 0.3) is 0 Å². The standard InChI is InChI=1S/C22H31N5O3S/c1-17(2)18-4-7-20(8-5-18)31(29,30)24-11-10-22(28)25-19-6-9-21(23-16-19)27-14-12-26(3)13-15-27/h4-9,16-17,24H,10-15H2,1-3H3,(H,25,28). The molecule has 1 aliphatic heterocycles. The number of rotatable bonds is 8. The third-order valence-electron chi connectivity index (χ3n) is 5.36. The van der Waals surface area contributed by atoms with E-state index in [9.17, 15) is 13.2 Å². The van der Waals surface area contributed by atoms with Crippen molar-refractivity contribution in [3.05, 3.63) is 48.2 Å². The fourth-order valence-electron chi connectivity index (χ4n) is 3.32. The Labute approximate surface area is 184 Å². The number of sulfonamides is 1. The van der Waals surface area contributed by atoms with Gasteiger partial charge in [0.2, 0.25) is 15.9 Å². The van der Waals surface area contributed by atoms with Gasteiger partial charge in [-0.3, -0.25) is 4.79 Å². The fourth-order valence-corrected chi connectivity index (χ4v) is 4.35. The molecular formula is C22H31N5O3S. The molecule has 1 fully saturated rings. The number of carbonyl (C=O) groups excluding carboxylic acids is 1. The van der Waals surface area contributed by atoms with Crippen LogP contribution < -0.4 is 14.9 Å². The van der Waals surface area contributed by atoms with Crippen molar-refractivity contribution in [2.45, 2.75) is 31.1 Å². The maximum Gasteiger partial charge on any atom is 0.240 e. The lowest BCUT2D eigenvalue weighted by Crippen LogP contribution is -2.44. The number of aromatic nitrogens is 1. The quantitative estimate of drug-likeness (QED) is 0.647. The number of carbonyl (C=O) groups is 1. The zero-order valence-electron chi connectivity index (χ0n) is 18.3. The molecule has 2 aromatic rings. The van der Waals surface area contributed by atoms with Gasteiger partial charge in [-0.2, -0.15) is 0 Å². The molecule has 31 heavy (non-hydrogen) atoms. The van der Waals surface area contributed by atoms with Crippen molar-refractivity contribution in [2.75, 3.05) is 50.0 Å². The van der Waals surface area contributed by atoms with Crippen LogP contribution in [0, 0.1) is 0 Å². The molecule has 9 heteroatoms. The number of amides is 1. The van der Waals surface area contributed by atoms with E-state index in [0.717, 1.165) is 37.6 Å². The maximum absolute atomic E-state index is 12.4. The number of nitrogens with one attached hydrogen (secondary N) is 2. The molecule has 3 rings (SSSR count). The Bertz CT molecular complexity index is 967. The normalized spacial score (nSPS) is 15.3. The number of benzene rings is 1. The second-order valence-corrected chi connectivity index (χ2v) is 9.88. The Morgan fingerprint density at radius 1 is 1.06 bits per heavy atom. The summed E-state index contributed by atoms with van der Waals surface area (Å²) in [5.74, 6) is 0.952. The van der Waals surface area contributed by atoms with Gasteiger partial charge in [-0.1, -0.05) is 26.0 Å². The van der Waals surface area contributed by atoms with Crippen molar-refractivity contribution in [2.24, 2.45) is 0 Å². The first-order valence-electron chi connectivity index (χ1n) is 10.5. The molecule has 0 saturated carbocycles. The Hall–Kier alpha value is -2.49. The van der Waals surface area contributed by atoms with Crippen LogP contribution in [-0.2, 0) is 14.8 Å². The fraction of sp³-hybridized carbons (Fsp3) is 0.455. The lowest BCUT2D eigenvalue weighted by molar-refractivity contribution is -0.116. The second kappa shape index (κ2) is 10.2. The molecule has 1 saturated heterocycles. The molecule has 0 radical (unpaired) electrons. The molecule has 168 valence electrons. The molecule has 1 aromatic heterocycles. The summed E-state index contributed by atoms with van der Waals surface area (Å²) < 4.78 is 27.3. The van der Waals surface area contributed by atoms with Crippen LogP contribution in [0.1, 0.15) is 31.7 Å². The van der Waals surface area contributed by atoms with E-state index < -0.39 is 10.0 Å². The molecule has 8 nitrogen and oxygen atoms in total. The van der Waals surface area contributed by atoms with Gasteiger partial charge < -0.3 is 15.1 Å². The van der Waals surface area contributed by atoms with Crippen LogP contribution in [0.2, 0.25) is 0 Å². The summed E-state index contributed by atoms with van der Waals surface area (Å²) in [5, 5.41) is 2.76. The van der Waals surface area contributed by atoms with Gasteiger partial charge in [0.05, 0.1) is 16.8 Å². The molecule has 0 bridgehead atoms. The predicted octanol–water partition coefficient (Wildman–Crippen LogP) is 2.26. The molecule has 0 aliphatic carbocycles. The zero-order chi connectivity index (χ0) is 22.4. The SMILES string of the molecule is CC(C)c1ccc(S(=O)(=O)NCCC(=O)Nc2ccc(N3CCN(C)CC3)nc2)cc1. The molecule has 0 atom stereocenters. The van der Waals surface area contributed by atoms with Crippen LogP contribution in [0.15, 0.2) is 47.5 Å². The molecule has 2 heterocycles. The number of piperazine rings is 1. The Morgan fingerprint density at radius 3 is 2.32 bits per heavy atom. The monoisotopic (exact) mass is 445 g/mol. The van der Waals surface area contributed by atoms with Gasteiger partial charge in [-0.05, 0) is 42.8 Å². The van der Waals surface area contributed by atoms with Crippen molar-refractivity contribution in [1.82, 2.24) is 14.6 Å². The highest BCUT2D eigenvalue weighted by Crippen LogP contribution is 2.18. The van der Waals surface area contributed by atoms with Crippen molar-refractivity contribution < 1.29 is 13.2 Å². The second-order valence-electron chi connectivity index (χ2n) is 8.12. The van der Waals surface area contributed by atoms with E-state index >= 15 is 0 Å². The van der Waals surface area contributed by atoms with Crippen LogP contribution in [0.3, 0.4) is 0 Å². The number of anilines is 2. The third-order valence-corrected chi connectivity index (χ3v) is 6.84. The van der Waals surface area contributed by atoms with Crippen LogP contribution in [0.25, 0.3) is 0 Å². The van der Waals surface area contributed by atoms with Crippen LogP contribution in [-0.4, -0.2) is 64.0 Å². The number of hydrogen-bond donors (Lipinski definition) is 2. The van der Waals surface area contributed by atoms with Crippen molar-refractivity contribution in [3.63, 3.8) is 0 Å². The number of likely N-dealkylation sites (N-methyl/N-ethyl adjacent to an activating group) is 1. The number of pyridine rings is 1. The lowest BCUT2D eigenvalue weighted by Gasteiger charge is -2.33. The molecular weight excluding hydrogens is 414 g/mol. The van der Waals surface area contributed by atoms with Crippen LogP contribution in [0.4, 0.5) is 11.5 Å². The van der Waals surface area contributed by atoms with Gasteiger partial charge in [0.1, 0.15) is 5.82 Å². The summed E-state index contributed by atoms with van der Waals surface area (Å²) in [6.07, 6.45) is 1.66. The molecule has 2 N–H and O–H groups in total. The average Bonchev–Trinajstić information content (AvgIpc) is 2.75. The van der Waals surface area contributed by atoms with Crippen molar-refractivity contribution in [3.8, 4) is 0 Å². The summed E-state index contributed by atoms with van der Waals surface area (Å²) in [7, 11) is -1.54. The van der Waals surface area contributed by atoms with E-state index in [1.165, 1.54) is 0 Å². The highest BCUT2D eigenvalue weighted by atomic mass is 32.2. The first kappa shape index (κ1) is 23.2.